The Hall–Kier alpha value is -3.84. The normalized spacial score (nSPS) is 14.1. The second-order valence-corrected chi connectivity index (χ2v) is 7.51. The van der Waals surface area contributed by atoms with Gasteiger partial charge in [-0.05, 0) is 39.9 Å². The van der Waals surface area contributed by atoms with Crippen molar-refractivity contribution in [3.05, 3.63) is 89.5 Å². The van der Waals surface area contributed by atoms with Crippen molar-refractivity contribution in [2.24, 2.45) is 0 Å². The summed E-state index contributed by atoms with van der Waals surface area (Å²) in [6.07, 6.45) is -2.68. The zero-order chi connectivity index (χ0) is 22.7. The lowest BCUT2D eigenvalue weighted by Gasteiger charge is -2.23. The van der Waals surface area contributed by atoms with Crippen LogP contribution in [0.1, 0.15) is 28.7 Å². The third kappa shape index (κ3) is 4.15. The number of aliphatic hydroxyl groups is 1. The minimum atomic E-state index is -1.86. The lowest BCUT2D eigenvalue weighted by Crippen LogP contribution is -2.40. The number of alkyl carbamates (subject to hydrolysis) is 1. The summed E-state index contributed by atoms with van der Waals surface area (Å²) in [5.74, 6) is -1.12. The zero-order valence-electron chi connectivity index (χ0n) is 17.4. The number of carboxylic acid groups (broad SMARTS) is 1. The van der Waals surface area contributed by atoms with Crippen molar-refractivity contribution < 1.29 is 29.3 Å². The molecule has 0 saturated carbocycles. The number of ether oxygens (including phenoxy) is 2. The first-order valence-electron chi connectivity index (χ1n) is 10.2. The molecule has 1 amide bonds. The van der Waals surface area contributed by atoms with Crippen LogP contribution in [0.15, 0.2) is 72.8 Å². The van der Waals surface area contributed by atoms with Gasteiger partial charge >= 0.3 is 12.1 Å². The topological polar surface area (TPSA) is 105 Å². The second-order valence-electron chi connectivity index (χ2n) is 7.51. The molecule has 0 aromatic heterocycles. The Balaban J connectivity index is 1.51. The maximum absolute atomic E-state index is 12.6. The minimum absolute atomic E-state index is 0.0772. The van der Waals surface area contributed by atoms with Crippen molar-refractivity contribution >= 4 is 12.1 Å². The highest BCUT2D eigenvalue weighted by Crippen LogP contribution is 2.44. The van der Waals surface area contributed by atoms with Gasteiger partial charge in [0.2, 0.25) is 0 Å². The Morgan fingerprint density at radius 2 is 1.59 bits per heavy atom. The number of carboxylic acids is 1. The highest BCUT2D eigenvalue weighted by molar-refractivity contribution is 5.79. The van der Waals surface area contributed by atoms with Crippen LogP contribution in [0, 0.1) is 0 Å². The number of rotatable bonds is 7. The predicted octanol–water partition coefficient (Wildman–Crippen LogP) is 3.72. The van der Waals surface area contributed by atoms with Gasteiger partial charge in [0.25, 0.3) is 0 Å². The van der Waals surface area contributed by atoms with Gasteiger partial charge < -0.3 is 25.0 Å². The van der Waals surface area contributed by atoms with Gasteiger partial charge in [0, 0.05) is 5.92 Å². The second kappa shape index (κ2) is 9.11. The third-order valence-corrected chi connectivity index (χ3v) is 5.64. The number of nitrogens with one attached hydrogen (secondary N) is 1. The number of aliphatic carboxylic acids is 1. The third-order valence-electron chi connectivity index (χ3n) is 5.64. The van der Waals surface area contributed by atoms with E-state index < -0.39 is 24.2 Å². The van der Waals surface area contributed by atoms with Gasteiger partial charge in [0.1, 0.15) is 12.4 Å². The van der Waals surface area contributed by atoms with E-state index in [-0.39, 0.29) is 12.5 Å². The van der Waals surface area contributed by atoms with Crippen molar-refractivity contribution in [3.63, 3.8) is 0 Å². The molecule has 3 N–H and O–H groups in total. The van der Waals surface area contributed by atoms with Crippen molar-refractivity contribution in [2.75, 3.05) is 13.7 Å². The monoisotopic (exact) mass is 433 g/mol. The first kappa shape index (κ1) is 21.4. The number of benzene rings is 3. The molecule has 4 rings (SSSR count). The van der Waals surface area contributed by atoms with E-state index in [1.165, 1.54) is 7.11 Å². The van der Waals surface area contributed by atoms with E-state index in [4.69, 9.17) is 9.47 Å². The van der Waals surface area contributed by atoms with E-state index in [1.54, 1.807) is 24.3 Å². The Bertz CT molecular complexity index is 1100. The smallest absolute Gasteiger partial charge is 0.407 e. The fourth-order valence-corrected chi connectivity index (χ4v) is 4.09. The molecule has 0 bridgehead atoms. The molecule has 3 aromatic rings. The molecule has 0 spiro atoms. The van der Waals surface area contributed by atoms with Crippen LogP contribution in [0.25, 0.3) is 11.1 Å². The quantitative estimate of drug-likeness (QED) is 0.525. The van der Waals surface area contributed by atoms with E-state index in [0.717, 1.165) is 22.3 Å². The molecule has 0 saturated heterocycles. The highest BCUT2D eigenvalue weighted by Gasteiger charge is 2.32. The number of carbonyl (C=O) groups excluding carboxylic acids is 1. The molecule has 2 atom stereocenters. The molecule has 32 heavy (non-hydrogen) atoms. The highest BCUT2D eigenvalue weighted by atomic mass is 16.5. The first-order chi connectivity index (χ1) is 15.5. The summed E-state index contributed by atoms with van der Waals surface area (Å²) in [7, 11) is 1.47. The van der Waals surface area contributed by atoms with Gasteiger partial charge in [-0.2, -0.15) is 0 Å². The van der Waals surface area contributed by atoms with Crippen LogP contribution in [0.4, 0.5) is 4.79 Å². The lowest BCUT2D eigenvalue weighted by molar-refractivity contribution is -0.148. The van der Waals surface area contributed by atoms with E-state index in [1.807, 2.05) is 48.5 Å². The molecule has 0 aliphatic heterocycles. The Labute approximate surface area is 185 Å². The summed E-state index contributed by atoms with van der Waals surface area (Å²) in [5, 5.41) is 22.0. The Morgan fingerprint density at radius 3 is 2.19 bits per heavy atom. The van der Waals surface area contributed by atoms with Crippen molar-refractivity contribution in [1.82, 2.24) is 5.32 Å². The number of methoxy groups -OCH3 is 1. The molecule has 0 unspecified atom stereocenters. The molecule has 0 heterocycles. The predicted molar refractivity (Wildman–Crippen MR) is 118 cm³/mol. The molecular weight excluding hydrogens is 410 g/mol. The van der Waals surface area contributed by atoms with Crippen LogP contribution in [0.5, 0.6) is 5.75 Å². The summed E-state index contributed by atoms with van der Waals surface area (Å²) in [6.45, 7) is 0.0772. The number of hydrogen-bond donors (Lipinski definition) is 3. The van der Waals surface area contributed by atoms with Crippen LogP contribution in [-0.2, 0) is 9.53 Å². The van der Waals surface area contributed by atoms with Crippen molar-refractivity contribution in [2.45, 2.75) is 18.1 Å². The molecule has 1 aliphatic rings. The lowest BCUT2D eigenvalue weighted by atomic mass is 9.98. The minimum Gasteiger partial charge on any atom is -0.497 e. The van der Waals surface area contributed by atoms with Crippen LogP contribution >= 0.6 is 0 Å². The van der Waals surface area contributed by atoms with E-state index >= 15 is 0 Å². The number of hydrogen-bond acceptors (Lipinski definition) is 5. The standard InChI is InChI=1S/C25H23NO6/c1-31-16-8-6-7-15(13-16)22(23(27)24(28)29)26-25(30)32-14-21-19-11-4-2-9-17(19)18-10-3-5-12-20(18)21/h2-13,21-23,27H,14H2,1H3,(H,26,30)(H,28,29)/t22-,23-/m1/s1. The number of aliphatic hydroxyl groups excluding tert-OH is 1. The summed E-state index contributed by atoms with van der Waals surface area (Å²) in [4.78, 5) is 24.0. The molecule has 7 nitrogen and oxygen atoms in total. The van der Waals surface area contributed by atoms with Crippen LogP contribution in [0.2, 0.25) is 0 Å². The Morgan fingerprint density at radius 1 is 0.969 bits per heavy atom. The van der Waals surface area contributed by atoms with Crippen LogP contribution in [-0.4, -0.2) is 42.1 Å². The number of fused-ring (bicyclic) bond motifs is 3. The van der Waals surface area contributed by atoms with Gasteiger partial charge in [0.15, 0.2) is 6.10 Å². The average molecular weight is 433 g/mol. The molecule has 1 aliphatic carbocycles. The summed E-state index contributed by atoms with van der Waals surface area (Å²) in [5.41, 5.74) is 4.72. The average Bonchev–Trinajstić information content (AvgIpc) is 3.14. The van der Waals surface area contributed by atoms with Crippen molar-refractivity contribution in [1.29, 1.82) is 0 Å². The van der Waals surface area contributed by atoms with Gasteiger partial charge in [-0.15, -0.1) is 0 Å². The molecular formula is C25H23NO6. The van der Waals surface area contributed by atoms with Gasteiger partial charge in [-0.1, -0.05) is 60.7 Å². The maximum Gasteiger partial charge on any atom is 0.407 e. The van der Waals surface area contributed by atoms with Gasteiger partial charge in [-0.3, -0.25) is 0 Å². The fraction of sp³-hybridized carbons (Fsp3) is 0.200. The number of amides is 1. The first-order valence-corrected chi connectivity index (χ1v) is 10.2. The molecule has 164 valence electrons. The molecule has 3 aromatic carbocycles. The van der Waals surface area contributed by atoms with Gasteiger partial charge in [-0.25, -0.2) is 9.59 Å². The van der Waals surface area contributed by atoms with Crippen LogP contribution in [0.3, 0.4) is 0 Å². The summed E-state index contributed by atoms with van der Waals surface area (Å²) in [6, 6.07) is 21.2. The fourth-order valence-electron chi connectivity index (χ4n) is 4.09. The summed E-state index contributed by atoms with van der Waals surface area (Å²) >= 11 is 0. The van der Waals surface area contributed by atoms with Crippen LogP contribution < -0.4 is 10.1 Å². The zero-order valence-corrected chi connectivity index (χ0v) is 17.4. The SMILES string of the molecule is COc1cccc([C@@H](NC(=O)OCC2c3ccccc3-c3ccccc32)[C@@H](O)C(=O)O)c1. The molecule has 0 radical (unpaired) electrons. The van der Waals surface area contributed by atoms with E-state index in [2.05, 4.69) is 5.32 Å². The van der Waals surface area contributed by atoms with Gasteiger partial charge in [0.05, 0.1) is 13.2 Å². The maximum atomic E-state index is 12.6. The largest absolute Gasteiger partial charge is 0.497 e. The van der Waals surface area contributed by atoms with Crippen molar-refractivity contribution in [3.8, 4) is 16.9 Å². The molecule has 0 fully saturated rings. The summed E-state index contributed by atoms with van der Waals surface area (Å²) < 4.78 is 10.7. The van der Waals surface area contributed by atoms with E-state index in [0.29, 0.717) is 11.3 Å². The van der Waals surface area contributed by atoms with E-state index in [9.17, 15) is 19.8 Å². The number of carbonyl (C=O) groups is 2. The molecule has 7 heteroatoms. The Kier molecular flexibility index (Phi) is 6.09.